The lowest BCUT2D eigenvalue weighted by Gasteiger charge is -2.21. The molecule has 0 saturated carbocycles. The van der Waals surface area contributed by atoms with Crippen molar-refractivity contribution in [2.24, 2.45) is 0 Å². The number of ether oxygens (including phenoxy) is 2. The highest BCUT2D eigenvalue weighted by Gasteiger charge is 2.31. The average molecular weight is 291 g/mol. The van der Waals surface area contributed by atoms with Crippen LogP contribution in [0.2, 0.25) is 6.55 Å². The molecular formula is C11H21NO6Si. The van der Waals surface area contributed by atoms with E-state index in [4.69, 9.17) is 18.3 Å². The summed E-state index contributed by atoms with van der Waals surface area (Å²) in [5.41, 5.74) is 0.310. The van der Waals surface area contributed by atoms with Gasteiger partial charge in [-0.05, 0) is 13.5 Å². The molecule has 0 spiro atoms. The maximum absolute atomic E-state index is 11.3. The van der Waals surface area contributed by atoms with Gasteiger partial charge in [0.2, 0.25) is 0 Å². The second-order valence-electron chi connectivity index (χ2n) is 3.96. The van der Waals surface area contributed by atoms with E-state index in [2.05, 4.69) is 11.9 Å². The maximum Gasteiger partial charge on any atom is 0.407 e. The zero-order valence-electron chi connectivity index (χ0n) is 11.8. The molecule has 0 aliphatic heterocycles. The van der Waals surface area contributed by atoms with Crippen molar-refractivity contribution in [1.29, 1.82) is 0 Å². The molecule has 0 aromatic carbocycles. The zero-order valence-corrected chi connectivity index (χ0v) is 12.8. The number of esters is 1. The number of rotatable bonds is 8. The van der Waals surface area contributed by atoms with Crippen molar-refractivity contribution in [2.75, 3.05) is 33.6 Å². The summed E-state index contributed by atoms with van der Waals surface area (Å²) in [6, 6.07) is 0. The highest BCUT2D eigenvalue weighted by Crippen LogP contribution is 2.04. The highest BCUT2D eigenvalue weighted by molar-refractivity contribution is 6.65. The van der Waals surface area contributed by atoms with Gasteiger partial charge in [0.15, 0.2) is 0 Å². The number of hydrogen-bond donors (Lipinski definition) is 1. The van der Waals surface area contributed by atoms with Gasteiger partial charge in [0.1, 0.15) is 12.8 Å². The molecule has 0 fully saturated rings. The van der Waals surface area contributed by atoms with Crippen molar-refractivity contribution in [1.82, 2.24) is 5.32 Å². The van der Waals surface area contributed by atoms with Gasteiger partial charge in [0.05, 0.1) is 6.54 Å². The first-order valence-electron chi connectivity index (χ1n) is 5.68. The number of alkyl carbamates (subject to hydrolysis) is 1. The summed E-state index contributed by atoms with van der Waals surface area (Å²) >= 11 is 0. The molecule has 0 aliphatic rings. The second-order valence-corrected chi connectivity index (χ2v) is 7.33. The Morgan fingerprint density at radius 3 is 2.26 bits per heavy atom. The predicted octanol–water partition coefficient (Wildman–Crippen LogP) is 0.736. The molecule has 0 atom stereocenters. The Hall–Kier alpha value is -1.38. The topological polar surface area (TPSA) is 83.1 Å². The standard InChI is InChI=1S/C11H21NO6Si/c1-9(2)10(13)17-7-6-12-11(14)18-8-19(5,15-3)16-4/h1,6-8H2,2-5H3,(H,12,14). The summed E-state index contributed by atoms with van der Waals surface area (Å²) in [5, 5.41) is 2.44. The van der Waals surface area contributed by atoms with Gasteiger partial charge < -0.3 is 23.6 Å². The maximum atomic E-state index is 11.3. The largest absolute Gasteiger partial charge is 0.460 e. The fraction of sp³-hybridized carbons (Fsp3) is 0.636. The van der Waals surface area contributed by atoms with Gasteiger partial charge in [0, 0.05) is 19.8 Å². The summed E-state index contributed by atoms with van der Waals surface area (Å²) in [4.78, 5) is 22.3. The van der Waals surface area contributed by atoms with Crippen LogP contribution in [-0.4, -0.2) is 54.2 Å². The van der Waals surface area contributed by atoms with E-state index in [-0.39, 0.29) is 19.4 Å². The van der Waals surface area contributed by atoms with Crippen molar-refractivity contribution >= 4 is 20.6 Å². The van der Waals surface area contributed by atoms with E-state index in [9.17, 15) is 9.59 Å². The molecule has 0 radical (unpaired) electrons. The molecule has 0 aromatic heterocycles. The lowest BCUT2D eigenvalue weighted by Crippen LogP contribution is -2.44. The number of nitrogens with one attached hydrogen (secondary N) is 1. The molecule has 0 rings (SSSR count). The highest BCUT2D eigenvalue weighted by atomic mass is 28.4. The molecule has 1 amide bonds. The van der Waals surface area contributed by atoms with Gasteiger partial charge in [0.25, 0.3) is 0 Å². The molecule has 1 N–H and O–H groups in total. The molecule has 0 unspecified atom stereocenters. The van der Waals surface area contributed by atoms with Crippen molar-refractivity contribution in [3.8, 4) is 0 Å². The smallest absolute Gasteiger partial charge is 0.407 e. The molecule has 7 nitrogen and oxygen atoms in total. The third kappa shape index (κ3) is 7.60. The minimum atomic E-state index is -2.42. The van der Waals surface area contributed by atoms with Gasteiger partial charge in [-0.3, -0.25) is 0 Å². The van der Waals surface area contributed by atoms with Crippen LogP contribution in [0.5, 0.6) is 0 Å². The molecule has 110 valence electrons. The third-order valence-corrected chi connectivity index (χ3v) is 4.68. The Morgan fingerprint density at radius 2 is 1.79 bits per heavy atom. The Labute approximate surface area is 114 Å². The molecule has 0 saturated heterocycles. The van der Waals surface area contributed by atoms with Crippen LogP contribution in [0.3, 0.4) is 0 Å². The van der Waals surface area contributed by atoms with Crippen molar-refractivity contribution in [3.63, 3.8) is 0 Å². The molecule has 0 heterocycles. The summed E-state index contributed by atoms with van der Waals surface area (Å²) in [7, 11) is 0.596. The first-order valence-corrected chi connectivity index (χ1v) is 8.20. The molecule has 0 bridgehead atoms. The Balaban J connectivity index is 3.77. The monoisotopic (exact) mass is 291 g/mol. The quantitative estimate of drug-likeness (QED) is 0.307. The predicted molar refractivity (Wildman–Crippen MR) is 70.8 cm³/mol. The number of hydrogen-bond acceptors (Lipinski definition) is 6. The normalized spacial score (nSPS) is 10.7. The van der Waals surface area contributed by atoms with E-state index in [0.717, 1.165) is 0 Å². The van der Waals surface area contributed by atoms with Crippen LogP contribution in [0, 0.1) is 0 Å². The van der Waals surface area contributed by atoms with E-state index >= 15 is 0 Å². The SMILES string of the molecule is C=C(C)C(=O)OCCNC(=O)OC[Si](C)(OC)OC. The fourth-order valence-corrected chi connectivity index (χ4v) is 1.66. The van der Waals surface area contributed by atoms with Crippen molar-refractivity contribution in [3.05, 3.63) is 12.2 Å². The first kappa shape index (κ1) is 17.6. The summed E-state index contributed by atoms with van der Waals surface area (Å²) in [6.07, 6.45) is -0.531. The van der Waals surface area contributed by atoms with Gasteiger partial charge in [-0.25, -0.2) is 9.59 Å². The van der Waals surface area contributed by atoms with Crippen molar-refractivity contribution in [2.45, 2.75) is 13.5 Å². The fourth-order valence-electron chi connectivity index (χ4n) is 0.869. The van der Waals surface area contributed by atoms with Crippen LogP contribution in [0.15, 0.2) is 12.2 Å². The number of carbonyl (C=O) groups is 2. The lowest BCUT2D eigenvalue weighted by molar-refractivity contribution is -0.138. The summed E-state index contributed by atoms with van der Waals surface area (Å²) in [6.45, 7) is 6.98. The average Bonchev–Trinajstić information content (AvgIpc) is 2.40. The van der Waals surface area contributed by atoms with E-state index in [0.29, 0.717) is 5.57 Å². The zero-order chi connectivity index (χ0) is 14.9. The first-order chi connectivity index (χ1) is 8.84. The van der Waals surface area contributed by atoms with Crippen LogP contribution in [0.1, 0.15) is 6.92 Å². The molecule has 0 aromatic rings. The van der Waals surface area contributed by atoms with E-state index < -0.39 is 20.6 Å². The van der Waals surface area contributed by atoms with Gasteiger partial charge >= 0.3 is 20.6 Å². The molecule has 19 heavy (non-hydrogen) atoms. The number of carbonyl (C=O) groups excluding carboxylic acids is 2. The second kappa shape index (κ2) is 8.67. The van der Waals surface area contributed by atoms with Crippen LogP contribution >= 0.6 is 0 Å². The van der Waals surface area contributed by atoms with Gasteiger partial charge in [-0.2, -0.15) is 0 Å². The number of amides is 1. The van der Waals surface area contributed by atoms with E-state index in [1.807, 2.05) is 0 Å². The van der Waals surface area contributed by atoms with Crippen LogP contribution < -0.4 is 5.32 Å². The van der Waals surface area contributed by atoms with Crippen molar-refractivity contribution < 1.29 is 27.9 Å². The van der Waals surface area contributed by atoms with Gasteiger partial charge in [-0.1, -0.05) is 6.58 Å². The Morgan fingerprint density at radius 1 is 1.21 bits per heavy atom. The van der Waals surface area contributed by atoms with Crippen LogP contribution in [0.4, 0.5) is 4.79 Å². The van der Waals surface area contributed by atoms with Gasteiger partial charge in [-0.15, -0.1) is 0 Å². The molecular weight excluding hydrogens is 270 g/mol. The Kier molecular flexibility index (Phi) is 8.04. The van der Waals surface area contributed by atoms with E-state index in [1.54, 1.807) is 13.5 Å². The minimum absolute atomic E-state index is 0.0596. The summed E-state index contributed by atoms with van der Waals surface area (Å²) in [5.74, 6) is -0.492. The molecule has 8 heteroatoms. The third-order valence-electron chi connectivity index (χ3n) is 2.28. The lowest BCUT2D eigenvalue weighted by atomic mass is 10.4. The van der Waals surface area contributed by atoms with Crippen LogP contribution in [-0.2, 0) is 23.1 Å². The summed E-state index contributed by atoms with van der Waals surface area (Å²) < 4.78 is 20.0. The Bertz CT molecular complexity index is 329. The van der Waals surface area contributed by atoms with Crippen LogP contribution in [0.25, 0.3) is 0 Å². The molecule has 0 aliphatic carbocycles. The minimum Gasteiger partial charge on any atom is -0.460 e. The van der Waals surface area contributed by atoms with E-state index in [1.165, 1.54) is 14.2 Å².